The van der Waals surface area contributed by atoms with Crippen molar-refractivity contribution in [2.45, 2.75) is 13.0 Å². The fraction of sp³-hybridized carbons (Fsp3) is 0.0800. The molecule has 1 unspecified atom stereocenters. The van der Waals surface area contributed by atoms with Gasteiger partial charge in [-0.15, -0.1) is 0 Å². The molecule has 3 heterocycles. The van der Waals surface area contributed by atoms with E-state index in [2.05, 4.69) is 9.97 Å². The molecule has 2 aromatic heterocycles. The number of hydrogen-bond donors (Lipinski definition) is 2. The Bertz CT molecular complexity index is 1350. The molecule has 0 bridgehead atoms. The van der Waals surface area contributed by atoms with Crippen molar-refractivity contribution in [3.63, 3.8) is 0 Å². The number of para-hydroxylation sites is 2. The van der Waals surface area contributed by atoms with Gasteiger partial charge in [0.15, 0.2) is 0 Å². The van der Waals surface area contributed by atoms with Crippen molar-refractivity contribution >= 4 is 34.0 Å². The first-order chi connectivity index (χ1) is 15.1. The van der Waals surface area contributed by atoms with Crippen molar-refractivity contribution in [1.29, 1.82) is 0 Å². The number of hydrogen-bond acceptors (Lipinski definition) is 4. The van der Waals surface area contributed by atoms with E-state index in [0.29, 0.717) is 16.9 Å². The molecule has 0 radical (unpaired) electrons. The molecule has 0 saturated carbocycles. The number of benzene rings is 2. The molecule has 1 amide bonds. The number of fused-ring (bicyclic) bond motifs is 1. The summed E-state index contributed by atoms with van der Waals surface area (Å²) < 4.78 is 0. The van der Waals surface area contributed by atoms with Crippen LogP contribution in [0.3, 0.4) is 0 Å². The average molecular weight is 409 g/mol. The SMILES string of the molecule is Cc1ccccc1N1C(=O)C(=O)/C(=C(\O)c2c[nH]c3ccccc23)C1c1ccccn1. The van der Waals surface area contributed by atoms with Gasteiger partial charge < -0.3 is 10.1 Å². The number of rotatable bonds is 3. The average Bonchev–Trinajstić information content (AvgIpc) is 3.34. The first-order valence-electron chi connectivity index (χ1n) is 9.92. The smallest absolute Gasteiger partial charge is 0.300 e. The Balaban J connectivity index is 1.78. The molecular formula is C25H19N3O3. The molecule has 1 atom stereocenters. The predicted octanol–water partition coefficient (Wildman–Crippen LogP) is 4.50. The van der Waals surface area contributed by atoms with E-state index in [0.717, 1.165) is 16.5 Å². The van der Waals surface area contributed by atoms with Crippen LogP contribution in [0.15, 0.2) is 84.7 Å². The van der Waals surface area contributed by atoms with Crippen LogP contribution in [0.5, 0.6) is 0 Å². The Kier molecular flexibility index (Phi) is 4.40. The number of nitrogens with one attached hydrogen (secondary N) is 1. The van der Waals surface area contributed by atoms with E-state index < -0.39 is 17.7 Å². The maximum absolute atomic E-state index is 13.2. The number of nitrogens with zero attached hydrogens (tertiary/aromatic N) is 2. The number of aromatic nitrogens is 2. The molecule has 1 saturated heterocycles. The van der Waals surface area contributed by atoms with Gasteiger partial charge in [0.25, 0.3) is 11.7 Å². The van der Waals surface area contributed by atoms with Crippen LogP contribution in [0.1, 0.15) is 22.9 Å². The second kappa shape index (κ2) is 7.25. The highest BCUT2D eigenvalue weighted by Crippen LogP contribution is 2.43. The van der Waals surface area contributed by atoms with Gasteiger partial charge in [-0.2, -0.15) is 0 Å². The van der Waals surface area contributed by atoms with E-state index in [9.17, 15) is 14.7 Å². The highest BCUT2D eigenvalue weighted by atomic mass is 16.3. The number of aryl methyl sites for hydroxylation is 1. The second-order valence-electron chi connectivity index (χ2n) is 7.46. The van der Waals surface area contributed by atoms with Crippen LogP contribution in [-0.4, -0.2) is 26.8 Å². The molecule has 4 aromatic rings. The van der Waals surface area contributed by atoms with Gasteiger partial charge in [-0.1, -0.05) is 42.5 Å². The van der Waals surface area contributed by atoms with Crippen LogP contribution < -0.4 is 4.90 Å². The van der Waals surface area contributed by atoms with Crippen molar-refractivity contribution < 1.29 is 14.7 Å². The molecule has 6 nitrogen and oxygen atoms in total. The minimum absolute atomic E-state index is 0.0247. The van der Waals surface area contributed by atoms with Gasteiger partial charge >= 0.3 is 0 Å². The lowest BCUT2D eigenvalue weighted by atomic mass is 9.97. The number of carbonyl (C=O) groups excluding carboxylic acids is 2. The van der Waals surface area contributed by atoms with Gasteiger partial charge in [0.1, 0.15) is 11.8 Å². The summed E-state index contributed by atoms with van der Waals surface area (Å²) in [5, 5.41) is 12.1. The number of aromatic amines is 1. The maximum atomic E-state index is 13.2. The summed E-state index contributed by atoms with van der Waals surface area (Å²) in [4.78, 5) is 35.3. The van der Waals surface area contributed by atoms with Crippen LogP contribution in [-0.2, 0) is 9.59 Å². The molecule has 0 aliphatic carbocycles. The number of pyridine rings is 1. The number of H-pyrrole nitrogens is 1. The van der Waals surface area contributed by atoms with E-state index >= 15 is 0 Å². The largest absolute Gasteiger partial charge is 0.507 e. The second-order valence-corrected chi connectivity index (χ2v) is 7.46. The Morgan fingerprint density at radius 1 is 1.00 bits per heavy atom. The zero-order valence-corrected chi connectivity index (χ0v) is 16.7. The maximum Gasteiger partial charge on any atom is 0.300 e. The summed E-state index contributed by atoms with van der Waals surface area (Å²) in [6.45, 7) is 1.88. The summed E-state index contributed by atoms with van der Waals surface area (Å²) in [7, 11) is 0. The highest BCUT2D eigenvalue weighted by Gasteiger charge is 2.48. The lowest BCUT2D eigenvalue weighted by Crippen LogP contribution is -2.30. The van der Waals surface area contributed by atoms with Crippen molar-refractivity contribution in [3.05, 3.63) is 102 Å². The minimum atomic E-state index is -0.837. The van der Waals surface area contributed by atoms with E-state index in [1.807, 2.05) is 49.4 Å². The normalized spacial score (nSPS) is 18.1. The standard InChI is InChI=1S/C25H19N3O3/c1-15-8-2-5-12-20(15)28-22(19-11-6-7-13-26-19)21(24(30)25(28)31)23(29)17-14-27-18-10-4-3-9-16(17)18/h2-14,22,27,29H,1H3/b23-21-. The van der Waals surface area contributed by atoms with Gasteiger partial charge in [0.05, 0.1) is 11.3 Å². The summed E-state index contributed by atoms with van der Waals surface area (Å²) in [5.74, 6) is -1.64. The number of amides is 1. The molecule has 2 N–H and O–H groups in total. The molecule has 1 aliphatic rings. The third-order valence-electron chi connectivity index (χ3n) is 5.63. The Morgan fingerprint density at radius 3 is 2.52 bits per heavy atom. The van der Waals surface area contributed by atoms with Gasteiger partial charge in [-0.05, 0) is 36.8 Å². The molecule has 1 fully saturated rings. The van der Waals surface area contributed by atoms with Crippen LogP contribution in [0.25, 0.3) is 16.7 Å². The number of anilines is 1. The monoisotopic (exact) mass is 409 g/mol. The summed E-state index contributed by atoms with van der Waals surface area (Å²) in [5.41, 5.74) is 3.28. The highest BCUT2D eigenvalue weighted by molar-refractivity contribution is 6.51. The van der Waals surface area contributed by atoms with Crippen molar-refractivity contribution in [1.82, 2.24) is 9.97 Å². The molecule has 0 spiro atoms. The first kappa shape index (κ1) is 18.8. The number of ketones is 1. The zero-order valence-electron chi connectivity index (χ0n) is 16.7. The molecule has 152 valence electrons. The van der Waals surface area contributed by atoms with Crippen molar-refractivity contribution in [3.8, 4) is 0 Å². The van der Waals surface area contributed by atoms with Crippen LogP contribution in [0.2, 0.25) is 0 Å². The van der Waals surface area contributed by atoms with Crippen molar-refractivity contribution in [2.75, 3.05) is 4.90 Å². The molecule has 6 heteroatoms. The van der Waals surface area contributed by atoms with E-state index in [1.54, 1.807) is 36.7 Å². The molecule has 31 heavy (non-hydrogen) atoms. The third kappa shape index (κ3) is 2.92. The first-order valence-corrected chi connectivity index (χ1v) is 9.92. The summed E-state index contributed by atoms with van der Waals surface area (Å²) in [6, 6.07) is 19.3. The summed E-state index contributed by atoms with van der Waals surface area (Å²) in [6.07, 6.45) is 3.26. The van der Waals surface area contributed by atoms with Crippen LogP contribution in [0.4, 0.5) is 5.69 Å². The zero-order chi connectivity index (χ0) is 21.5. The molecular weight excluding hydrogens is 390 g/mol. The molecule has 2 aromatic carbocycles. The number of aliphatic hydroxyl groups is 1. The van der Waals surface area contributed by atoms with Gasteiger partial charge in [-0.25, -0.2) is 0 Å². The molecule has 1 aliphatic heterocycles. The Hall–Kier alpha value is -4.19. The lowest BCUT2D eigenvalue weighted by Gasteiger charge is -2.25. The fourth-order valence-corrected chi connectivity index (χ4v) is 4.14. The lowest BCUT2D eigenvalue weighted by molar-refractivity contribution is -0.132. The van der Waals surface area contributed by atoms with E-state index in [-0.39, 0.29) is 11.3 Å². The summed E-state index contributed by atoms with van der Waals surface area (Å²) >= 11 is 0. The van der Waals surface area contributed by atoms with Gasteiger partial charge in [-0.3, -0.25) is 19.5 Å². The minimum Gasteiger partial charge on any atom is -0.507 e. The predicted molar refractivity (Wildman–Crippen MR) is 118 cm³/mol. The fourth-order valence-electron chi connectivity index (χ4n) is 4.14. The number of aliphatic hydroxyl groups excluding tert-OH is 1. The molecule has 5 rings (SSSR count). The van der Waals surface area contributed by atoms with Gasteiger partial charge in [0, 0.05) is 34.5 Å². The van der Waals surface area contributed by atoms with Crippen LogP contribution >= 0.6 is 0 Å². The van der Waals surface area contributed by atoms with Crippen molar-refractivity contribution in [2.24, 2.45) is 0 Å². The number of carbonyl (C=O) groups is 2. The van der Waals surface area contributed by atoms with E-state index in [1.165, 1.54) is 4.90 Å². The van der Waals surface area contributed by atoms with E-state index in [4.69, 9.17) is 0 Å². The Morgan fingerprint density at radius 2 is 1.74 bits per heavy atom. The van der Waals surface area contributed by atoms with Gasteiger partial charge in [0.2, 0.25) is 0 Å². The Labute approximate surface area is 178 Å². The number of Topliss-reactive ketones (excluding diaryl/α,β-unsaturated/α-hetero) is 1. The topological polar surface area (TPSA) is 86.3 Å². The quantitative estimate of drug-likeness (QED) is 0.296. The third-order valence-corrected chi connectivity index (χ3v) is 5.63. The van der Waals surface area contributed by atoms with Crippen LogP contribution in [0, 0.1) is 6.92 Å².